The van der Waals surface area contributed by atoms with Crippen LogP contribution < -0.4 is 5.32 Å². The Kier molecular flexibility index (Phi) is 7.54. The van der Waals surface area contributed by atoms with Gasteiger partial charge in [0, 0.05) is 17.9 Å². The van der Waals surface area contributed by atoms with Gasteiger partial charge in [-0.25, -0.2) is 0 Å². The number of thioether (sulfide) groups is 1. The number of carbonyl (C=O) groups is 2. The topological polar surface area (TPSA) is 49.4 Å². The van der Waals surface area contributed by atoms with Crippen molar-refractivity contribution in [3.8, 4) is 0 Å². The molecule has 2 aromatic carbocycles. The van der Waals surface area contributed by atoms with Gasteiger partial charge in [0.25, 0.3) is 5.91 Å². The van der Waals surface area contributed by atoms with E-state index in [9.17, 15) is 22.8 Å². The van der Waals surface area contributed by atoms with Gasteiger partial charge in [0.05, 0.1) is 5.56 Å². The number of amides is 2. The number of hydrogen-bond acceptors (Lipinski definition) is 3. The van der Waals surface area contributed by atoms with E-state index in [2.05, 4.69) is 19.2 Å². The van der Waals surface area contributed by atoms with Crippen LogP contribution in [0.3, 0.4) is 0 Å². The van der Waals surface area contributed by atoms with Crippen LogP contribution in [0.4, 0.5) is 13.2 Å². The Balaban J connectivity index is 1.89. The van der Waals surface area contributed by atoms with Crippen LogP contribution >= 0.6 is 11.8 Å². The highest BCUT2D eigenvalue weighted by Gasteiger charge is 2.42. The lowest BCUT2D eigenvalue weighted by molar-refractivity contribution is -0.137. The number of nitrogens with one attached hydrogen (secondary N) is 1. The van der Waals surface area contributed by atoms with Gasteiger partial charge in [-0.2, -0.15) is 13.2 Å². The summed E-state index contributed by atoms with van der Waals surface area (Å²) in [7, 11) is 0. The molecule has 32 heavy (non-hydrogen) atoms. The molecule has 1 N–H and O–H groups in total. The van der Waals surface area contributed by atoms with Crippen molar-refractivity contribution in [2.24, 2.45) is 5.92 Å². The number of carbonyl (C=O) groups excluding carboxylic acids is 2. The van der Waals surface area contributed by atoms with Crippen molar-refractivity contribution in [1.82, 2.24) is 10.2 Å². The van der Waals surface area contributed by atoms with Crippen molar-refractivity contribution in [3.63, 3.8) is 0 Å². The predicted molar refractivity (Wildman–Crippen MR) is 120 cm³/mol. The summed E-state index contributed by atoms with van der Waals surface area (Å²) in [6, 6.07) is 11.2. The lowest BCUT2D eigenvalue weighted by Gasteiger charge is -2.29. The molecule has 172 valence electrons. The summed E-state index contributed by atoms with van der Waals surface area (Å²) in [5.74, 6) is 0.243. The third-order valence-corrected chi connectivity index (χ3v) is 6.70. The monoisotopic (exact) mass is 464 g/mol. The SMILES string of the molecule is Cc1ccc(C(=O)N2C(C(=O)NCCC(C)C)CSC2c2ccc(C(F)(F)F)cc2)cc1. The molecule has 0 aromatic heterocycles. The van der Waals surface area contributed by atoms with Crippen LogP contribution in [0.2, 0.25) is 0 Å². The number of nitrogens with zero attached hydrogens (tertiary/aromatic N) is 1. The number of alkyl halides is 3. The van der Waals surface area contributed by atoms with Gasteiger partial charge in [-0.1, -0.05) is 43.7 Å². The van der Waals surface area contributed by atoms with Gasteiger partial charge in [-0.05, 0) is 49.1 Å². The summed E-state index contributed by atoms with van der Waals surface area (Å²) >= 11 is 1.38. The first-order valence-electron chi connectivity index (χ1n) is 10.5. The Morgan fingerprint density at radius 3 is 2.28 bits per heavy atom. The van der Waals surface area contributed by atoms with Crippen molar-refractivity contribution in [3.05, 3.63) is 70.8 Å². The van der Waals surface area contributed by atoms with Crippen LogP contribution in [0.25, 0.3) is 0 Å². The summed E-state index contributed by atoms with van der Waals surface area (Å²) < 4.78 is 38.9. The van der Waals surface area contributed by atoms with Gasteiger partial charge in [-0.3, -0.25) is 9.59 Å². The Bertz CT molecular complexity index is 943. The van der Waals surface area contributed by atoms with Crippen LogP contribution in [-0.4, -0.2) is 35.1 Å². The van der Waals surface area contributed by atoms with Gasteiger partial charge in [-0.15, -0.1) is 11.8 Å². The van der Waals surface area contributed by atoms with Crippen LogP contribution in [-0.2, 0) is 11.0 Å². The molecule has 0 aliphatic carbocycles. The van der Waals surface area contributed by atoms with E-state index in [0.717, 1.165) is 24.1 Å². The summed E-state index contributed by atoms with van der Waals surface area (Å²) in [5.41, 5.74) is 1.25. The first kappa shape index (κ1) is 24.2. The summed E-state index contributed by atoms with van der Waals surface area (Å²) in [6.45, 7) is 6.54. The van der Waals surface area contributed by atoms with Gasteiger partial charge in [0.2, 0.25) is 5.91 Å². The molecule has 2 amide bonds. The van der Waals surface area contributed by atoms with Gasteiger partial charge in [0.1, 0.15) is 11.4 Å². The zero-order valence-corrected chi connectivity index (χ0v) is 19.1. The summed E-state index contributed by atoms with van der Waals surface area (Å²) in [6.07, 6.45) is -3.61. The van der Waals surface area contributed by atoms with Crippen LogP contribution in [0.1, 0.15) is 52.7 Å². The van der Waals surface area contributed by atoms with Crippen molar-refractivity contribution in [1.29, 1.82) is 0 Å². The molecule has 3 rings (SSSR count). The molecule has 4 nitrogen and oxygen atoms in total. The molecule has 1 aliphatic heterocycles. The first-order valence-corrected chi connectivity index (χ1v) is 11.6. The fourth-order valence-corrected chi connectivity index (χ4v) is 4.93. The minimum Gasteiger partial charge on any atom is -0.354 e. The Morgan fingerprint density at radius 2 is 1.72 bits per heavy atom. The fourth-order valence-electron chi connectivity index (χ4n) is 3.50. The Hall–Kier alpha value is -2.48. The van der Waals surface area contributed by atoms with E-state index < -0.39 is 23.2 Å². The molecule has 1 aliphatic rings. The minimum atomic E-state index is -4.43. The lowest BCUT2D eigenvalue weighted by atomic mass is 10.1. The molecule has 2 atom stereocenters. The number of rotatable bonds is 6. The normalized spacial score (nSPS) is 18.8. The predicted octanol–water partition coefficient (Wildman–Crippen LogP) is 5.43. The van der Waals surface area contributed by atoms with Crippen LogP contribution in [0.5, 0.6) is 0 Å². The molecule has 1 saturated heterocycles. The summed E-state index contributed by atoms with van der Waals surface area (Å²) in [5, 5.41) is 2.36. The lowest BCUT2D eigenvalue weighted by Crippen LogP contribution is -2.48. The smallest absolute Gasteiger partial charge is 0.354 e. The van der Waals surface area contributed by atoms with Crippen molar-refractivity contribution >= 4 is 23.6 Å². The average molecular weight is 465 g/mol. The molecule has 2 aromatic rings. The first-order chi connectivity index (χ1) is 15.1. The molecule has 0 radical (unpaired) electrons. The largest absolute Gasteiger partial charge is 0.416 e. The van der Waals surface area contributed by atoms with Crippen molar-refractivity contribution < 1.29 is 22.8 Å². The van der Waals surface area contributed by atoms with E-state index in [1.165, 1.54) is 28.8 Å². The van der Waals surface area contributed by atoms with E-state index in [-0.39, 0.29) is 11.8 Å². The standard InChI is InChI=1S/C24H27F3N2O2S/c1-15(2)12-13-28-21(30)20-14-32-23(18-8-10-19(11-9-18)24(25,26)27)29(20)22(31)17-6-4-16(3)5-7-17/h4-11,15,20,23H,12-14H2,1-3H3,(H,28,30). The Morgan fingerprint density at radius 1 is 1.09 bits per heavy atom. The highest BCUT2D eigenvalue weighted by atomic mass is 32.2. The highest BCUT2D eigenvalue weighted by molar-refractivity contribution is 7.99. The second-order valence-electron chi connectivity index (χ2n) is 8.37. The number of aryl methyl sites for hydroxylation is 1. The van der Waals surface area contributed by atoms with E-state index >= 15 is 0 Å². The average Bonchev–Trinajstić information content (AvgIpc) is 3.18. The fraction of sp³-hybridized carbons (Fsp3) is 0.417. The van der Waals surface area contributed by atoms with Gasteiger partial charge >= 0.3 is 6.18 Å². The van der Waals surface area contributed by atoms with Crippen molar-refractivity contribution in [2.75, 3.05) is 12.3 Å². The molecular weight excluding hydrogens is 437 g/mol. The van der Waals surface area contributed by atoms with Crippen LogP contribution in [0.15, 0.2) is 48.5 Å². The van der Waals surface area contributed by atoms with Crippen LogP contribution in [0, 0.1) is 12.8 Å². The number of hydrogen-bond donors (Lipinski definition) is 1. The quantitative estimate of drug-likeness (QED) is 0.620. The van der Waals surface area contributed by atoms with E-state index in [0.29, 0.717) is 29.3 Å². The zero-order chi connectivity index (χ0) is 23.5. The molecular formula is C24H27F3N2O2S. The minimum absolute atomic E-state index is 0.243. The summed E-state index contributed by atoms with van der Waals surface area (Å²) in [4.78, 5) is 27.8. The van der Waals surface area contributed by atoms with E-state index in [1.54, 1.807) is 12.1 Å². The number of halogens is 3. The highest BCUT2D eigenvalue weighted by Crippen LogP contribution is 2.43. The van der Waals surface area contributed by atoms with Gasteiger partial charge < -0.3 is 10.2 Å². The maximum absolute atomic E-state index is 13.4. The molecule has 8 heteroatoms. The van der Waals surface area contributed by atoms with Gasteiger partial charge in [0.15, 0.2) is 0 Å². The second kappa shape index (κ2) is 9.98. The third-order valence-electron chi connectivity index (χ3n) is 5.38. The third kappa shape index (κ3) is 5.65. The van der Waals surface area contributed by atoms with E-state index in [1.807, 2.05) is 19.1 Å². The molecule has 1 fully saturated rings. The molecule has 0 bridgehead atoms. The molecule has 1 heterocycles. The molecule has 0 saturated carbocycles. The van der Waals surface area contributed by atoms with E-state index in [4.69, 9.17) is 0 Å². The number of benzene rings is 2. The maximum atomic E-state index is 13.4. The molecule has 2 unspecified atom stereocenters. The zero-order valence-electron chi connectivity index (χ0n) is 18.3. The Labute approximate surface area is 190 Å². The molecule has 0 spiro atoms. The van der Waals surface area contributed by atoms with Crippen molar-refractivity contribution in [2.45, 2.75) is 44.8 Å². The second-order valence-corrected chi connectivity index (χ2v) is 9.49. The maximum Gasteiger partial charge on any atom is 0.416 e.